The largest absolute Gasteiger partial charge is 0.466 e. The van der Waals surface area contributed by atoms with Crippen LogP contribution in [-0.4, -0.2) is 12.6 Å². The minimum atomic E-state index is -0.322. The van der Waals surface area contributed by atoms with Crippen molar-refractivity contribution in [3.05, 3.63) is 34.6 Å². The third-order valence-corrected chi connectivity index (χ3v) is 2.98. The van der Waals surface area contributed by atoms with E-state index in [0.29, 0.717) is 17.5 Å². The van der Waals surface area contributed by atoms with Crippen molar-refractivity contribution in [1.29, 1.82) is 0 Å². The van der Waals surface area contributed by atoms with Crippen LogP contribution in [0.4, 0.5) is 4.39 Å². The second kappa shape index (κ2) is 5.99. The summed E-state index contributed by atoms with van der Waals surface area (Å²) in [7, 11) is 0. The minimum Gasteiger partial charge on any atom is -0.466 e. The summed E-state index contributed by atoms with van der Waals surface area (Å²) in [6.45, 7) is 3.98. The molecule has 0 heterocycles. The molecule has 0 unspecified atom stereocenters. The molecule has 0 spiro atoms. The molecule has 0 atom stereocenters. The predicted molar refractivity (Wildman–Crippen MR) is 64.1 cm³/mol. The summed E-state index contributed by atoms with van der Waals surface area (Å²) in [6, 6.07) is 2.86. The molecular formula is C12H14BrFO2. The maximum absolute atomic E-state index is 13.3. The van der Waals surface area contributed by atoms with Gasteiger partial charge in [-0.15, -0.1) is 0 Å². The van der Waals surface area contributed by atoms with Gasteiger partial charge in [-0.2, -0.15) is 0 Å². The molecule has 0 aliphatic carbocycles. The van der Waals surface area contributed by atoms with Crippen LogP contribution in [0.5, 0.6) is 0 Å². The highest BCUT2D eigenvalue weighted by Gasteiger charge is 2.11. The average molecular weight is 289 g/mol. The van der Waals surface area contributed by atoms with Crippen LogP contribution < -0.4 is 0 Å². The van der Waals surface area contributed by atoms with Crippen LogP contribution in [0.1, 0.15) is 23.6 Å². The molecule has 0 aromatic heterocycles. The number of esters is 1. The van der Waals surface area contributed by atoms with Gasteiger partial charge in [0, 0.05) is 5.33 Å². The van der Waals surface area contributed by atoms with Crippen LogP contribution in [-0.2, 0) is 21.3 Å². The van der Waals surface area contributed by atoms with E-state index in [1.54, 1.807) is 6.92 Å². The third kappa shape index (κ3) is 3.30. The van der Waals surface area contributed by atoms with E-state index in [-0.39, 0.29) is 18.2 Å². The number of rotatable bonds is 4. The summed E-state index contributed by atoms with van der Waals surface area (Å²) in [5, 5.41) is 0.576. The molecule has 0 saturated heterocycles. The zero-order chi connectivity index (χ0) is 12.1. The summed E-state index contributed by atoms with van der Waals surface area (Å²) in [5.41, 5.74) is 2.48. The molecule has 0 aliphatic rings. The normalized spacial score (nSPS) is 10.2. The molecule has 0 bridgehead atoms. The number of halogens is 2. The van der Waals surface area contributed by atoms with Crippen LogP contribution in [0.15, 0.2) is 12.1 Å². The molecule has 88 valence electrons. The Bertz CT molecular complexity index is 391. The van der Waals surface area contributed by atoms with E-state index in [9.17, 15) is 9.18 Å². The molecule has 1 aromatic rings. The van der Waals surface area contributed by atoms with Crippen molar-refractivity contribution in [2.75, 3.05) is 6.61 Å². The van der Waals surface area contributed by atoms with Crippen molar-refractivity contribution in [3.8, 4) is 0 Å². The fourth-order valence-electron chi connectivity index (χ4n) is 1.49. The van der Waals surface area contributed by atoms with Gasteiger partial charge in [0.15, 0.2) is 0 Å². The van der Waals surface area contributed by atoms with Crippen molar-refractivity contribution >= 4 is 21.9 Å². The lowest BCUT2D eigenvalue weighted by atomic mass is 10.0. The molecule has 0 fully saturated rings. The zero-order valence-electron chi connectivity index (χ0n) is 9.35. The summed E-state index contributed by atoms with van der Waals surface area (Å²) in [5.74, 6) is -0.643. The number of hydrogen-bond acceptors (Lipinski definition) is 2. The quantitative estimate of drug-likeness (QED) is 0.629. The van der Waals surface area contributed by atoms with Crippen molar-refractivity contribution in [1.82, 2.24) is 0 Å². The van der Waals surface area contributed by atoms with Gasteiger partial charge in [-0.05, 0) is 42.7 Å². The second-order valence-corrected chi connectivity index (χ2v) is 4.03. The monoisotopic (exact) mass is 288 g/mol. The Morgan fingerprint density at radius 3 is 2.62 bits per heavy atom. The van der Waals surface area contributed by atoms with Gasteiger partial charge >= 0.3 is 5.97 Å². The number of hydrogen-bond donors (Lipinski definition) is 0. The van der Waals surface area contributed by atoms with E-state index in [4.69, 9.17) is 4.74 Å². The molecule has 0 N–H and O–H groups in total. The van der Waals surface area contributed by atoms with E-state index in [2.05, 4.69) is 15.9 Å². The highest BCUT2D eigenvalue weighted by atomic mass is 79.9. The Labute approximate surface area is 103 Å². The topological polar surface area (TPSA) is 26.3 Å². The van der Waals surface area contributed by atoms with E-state index in [1.807, 2.05) is 6.92 Å². The van der Waals surface area contributed by atoms with Gasteiger partial charge in [0.05, 0.1) is 13.0 Å². The van der Waals surface area contributed by atoms with Gasteiger partial charge in [-0.3, -0.25) is 4.79 Å². The average Bonchev–Trinajstić information content (AvgIpc) is 2.23. The van der Waals surface area contributed by atoms with Gasteiger partial charge in [0.2, 0.25) is 0 Å². The predicted octanol–water partition coefficient (Wildman–Crippen LogP) is 3.13. The molecule has 4 heteroatoms. The molecule has 1 rings (SSSR count). The van der Waals surface area contributed by atoms with Crippen molar-refractivity contribution < 1.29 is 13.9 Å². The first-order chi connectivity index (χ1) is 7.58. The number of alkyl halides is 1. The third-order valence-electron chi connectivity index (χ3n) is 2.37. The Hall–Kier alpha value is -0.900. The Balaban J connectivity index is 2.95. The molecular weight excluding hydrogens is 275 g/mol. The summed E-state index contributed by atoms with van der Waals surface area (Å²) < 4.78 is 18.1. The molecule has 1 aromatic carbocycles. The SMILES string of the molecule is CCOC(=O)Cc1cc(F)cc(CBr)c1C. The van der Waals surface area contributed by atoms with Crippen LogP contribution in [0.3, 0.4) is 0 Å². The lowest BCUT2D eigenvalue weighted by molar-refractivity contribution is -0.142. The van der Waals surface area contributed by atoms with Crippen LogP contribution in [0, 0.1) is 12.7 Å². The first-order valence-corrected chi connectivity index (χ1v) is 6.20. The standard InChI is InChI=1S/C12H14BrFO2/c1-3-16-12(15)6-9-4-11(14)5-10(7-13)8(9)2/h4-5H,3,6-7H2,1-2H3. The van der Waals surface area contributed by atoms with E-state index in [0.717, 1.165) is 11.1 Å². The Kier molecular flexibility index (Phi) is 4.93. The molecule has 0 saturated carbocycles. The van der Waals surface area contributed by atoms with Gasteiger partial charge < -0.3 is 4.74 Å². The molecule has 2 nitrogen and oxygen atoms in total. The summed E-state index contributed by atoms with van der Waals surface area (Å²) in [4.78, 5) is 11.3. The second-order valence-electron chi connectivity index (χ2n) is 3.46. The maximum Gasteiger partial charge on any atom is 0.310 e. The fraction of sp³-hybridized carbons (Fsp3) is 0.417. The van der Waals surface area contributed by atoms with E-state index >= 15 is 0 Å². The van der Waals surface area contributed by atoms with Crippen molar-refractivity contribution in [3.63, 3.8) is 0 Å². The number of ether oxygens (including phenoxy) is 1. The van der Waals surface area contributed by atoms with Gasteiger partial charge in [-0.25, -0.2) is 4.39 Å². The number of carbonyl (C=O) groups excluding carboxylic acids is 1. The van der Waals surface area contributed by atoms with Crippen LogP contribution in [0.25, 0.3) is 0 Å². The van der Waals surface area contributed by atoms with E-state index < -0.39 is 0 Å². The first-order valence-electron chi connectivity index (χ1n) is 5.08. The van der Waals surface area contributed by atoms with Gasteiger partial charge in [0.25, 0.3) is 0 Å². The molecule has 0 radical (unpaired) electrons. The summed E-state index contributed by atoms with van der Waals surface area (Å²) >= 11 is 3.29. The molecule has 16 heavy (non-hydrogen) atoms. The van der Waals surface area contributed by atoms with Crippen LogP contribution in [0.2, 0.25) is 0 Å². The zero-order valence-corrected chi connectivity index (χ0v) is 10.9. The van der Waals surface area contributed by atoms with Crippen molar-refractivity contribution in [2.45, 2.75) is 25.6 Å². The number of benzene rings is 1. The highest BCUT2D eigenvalue weighted by Crippen LogP contribution is 2.19. The smallest absolute Gasteiger partial charge is 0.310 e. The minimum absolute atomic E-state index is 0.122. The van der Waals surface area contributed by atoms with Gasteiger partial charge in [0.1, 0.15) is 5.82 Å². The molecule has 0 amide bonds. The lowest BCUT2D eigenvalue weighted by Crippen LogP contribution is -2.09. The van der Waals surface area contributed by atoms with Crippen molar-refractivity contribution in [2.24, 2.45) is 0 Å². The summed E-state index contributed by atoms with van der Waals surface area (Å²) in [6.07, 6.45) is 0.122. The van der Waals surface area contributed by atoms with E-state index in [1.165, 1.54) is 12.1 Å². The number of carbonyl (C=O) groups is 1. The van der Waals surface area contributed by atoms with Gasteiger partial charge in [-0.1, -0.05) is 15.9 Å². The Morgan fingerprint density at radius 2 is 2.06 bits per heavy atom. The lowest BCUT2D eigenvalue weighted by Gasteiger charge is -2.09. The van der Waals surface area contributed by atoms with Crippen LogP contribution >= 0.6 is 15.9 Å². The fourth-order valence-corrected chi connectivity index (χ4v) is 2.07. The molecule has 0 aliphatic heterocycles. The Morgan fingerprint density at radius 1 is 1.44 bits per heavy atom. The first kappa shape index (κ1) is 13.2. The maximum atomic E-state index is 13.3. The highest BCUT2D eigenvalue weighted by molar-refractivity contribution is 9.08.